The molecule has 0 aromatic heterocycles. The Bertz CT molecular complexity index is 745. The van der Waals surface area contributed by atoms with Crippen LogP contribution in [-0.4, -0.2) is 80.8 Å². The standard InChI is InChI=1S/C21H28F3N3O3/c1-25(19(28)16-7-8-16)18-6-3-2-5-17(18)20(29)27-12-10-26(11-13-27)9-4-14-30-15-21(22,23)24/h2-3,5-6,16H,4,7-15H2,1H3. The van der Waals surface area contributed by atoms with Crippen LogP contribution >= 0.6 is 0 Å². The number of carbonyl (C=O) groups is 2. The first kappa shape index (κ1) is 22.6. The minimum absolute atomic E-state index is 0.0489. The van der Waals surface area contributed by atoms with Crippen molar-refractivity contribution in [3.63, 3.8) is 0 Å². The van der Waals surface area contributed by atoms with Gasteiger partial charge in [-0.3, -0.25) is 14.5 Å². The van der Waals surface area contributed by atoms with Gasteiger partial charge in [-0.05, 0) is 31.4 Å². The van der Waals surface area contributed by atoms with Crippen molar-refractivity contribution in [1.29, 1.82) is 0 Å². The summed E-state index contributed by atoms with van der Waals surface area (Å²) in [7, 11) is 1.71. The van der Waals surface area contributed by atoms with Gasteiger partial charge in [0.1, 0.15) is 6.61 Å². The summed E-state index contributed by atoms with van der Waals surface area (Å²) in [5.41, 5.74) is 1.15. The maximum atomic E-state index is 13.1. The molecule has 0 atom stereocenters. The molecular weight excluding hydrogens is 399 g/mol. The lowest BCUT2D eigenvalue weighted by atomic mass is 10.1. The van der Waals surface area contributed by atoms with Gasteiger partial charge in [-0.25, -0.2) is 0 Å². The number of carbonyl (C=O) groups excluding carboxylic acids is 2. The number of rotatable bonds is 8. The molecule has 0 radical (unpaired) electrons. The Morgan fingerprint density at radius 3 is 2.43 bits per heavy atom. The second-order valence-electron chi connectivity index (χ2n) is 7.84. The van der Waals surface area contributed by atoms with Gasteiger partial charge in [-0.1, -0.05) is 12.1 Å². The van der Waals surface area contributed by atoms with E-state index in [1.807, 2.05) is 6.07 Å². The van der Waals surface area contributed by atoms with Gasteiger partial charge in [0.05, 0.1) is 11.3 Å². The first-order chi connectivity index (χ1) is 14.3. The fourth-order valence-corrected chi connectivity index (χ4v) is 3.59. The number of piperazine rings is 1. The van der Waals surface area contributed by atoms with Gasteiger partial charge in [0, 0.05) is 52.3 Å². The predicted octanol–water partition coefficient (Wildman–Crippen LogP) is 2.79. The van der Waals surface area contributed by atoms with Gasteiger partial charge in [0.15, 0.2) is 0 Å². The molecule has 1 saturated heterocycles. The lowest BCUT2D eigenvalue weighted by molar-refractivity contribution is -0.174. The Balaban J connectivity index is 1.48. The summed E-state index contributed by atoms with van der Waals surface area (Å²) in [4.78, 5) is 31.0. The van der Waals surface area contributed by atoms with Crippen molar-refractivity contribution >= 4 is 17.5 Å². The number of ether oxygens (including phenoxy) is 1. The van der Waals surface area contributed by atoms with E-state index in [4.69, 9.17) is 0 Å². The van der Waals surface area contributed by atoms with Crippen LogP contribution in [0.1, 0.15) is 29.6 Å². The van der Waals surface area contributed by atoms with Gasteiger partial charge < -0.3 is 14.5 Å². The molecule has 2 fully saturated rings. The molecule has 1 saturated carbocycles. The Labute approximate surface area is 174 Å². The van der Waals surface area contributed by atoms with Crippen molar-refractivity contribution < 1.29 is 27.5 Å². The van der Waals surface area contributed by atoms with Gasteiger partial charge in [0.25, 0.3) is 5.91 Å². The van der Waals surface area contributed by atoms with Gasteiger partial charge in [-0.15, -0.1) is 0 Å². The number of alkyl halides is 3. The molecule has 30 heavy (non-hydrogen) atoms. The SMILES string of the molecule is CN(C(=O)C1CC1)c1ccccc1C(=O)N1CCN(CCCOCC(F)(F)F)CC1. The van der Waals surface area contributed by atoms with Crippen molar-refractivity contribution in [2.45, 2.75) is 25.4 Å². The maximum absolute atomic E-state index is 13.1. The van der Waals surface area contributed by atoms with Crippen molar-refractivity contribution in [2.75, 3.05) is 57.9 Å². The molecule has 166 valence electrons. The zero-order valence-electron chi connectivity index (χ0n) is 17.2. The Morgan fingerprint density at radius 2 is 1.80 bits per heavy atom. The Kier molecular flexibility index (Phi) is 7.36. The second kappa shape index (κ2) is 9.78. The van der Waals surface area contributed by atoms with Crippen LogP contribution in [0.2, 0.25) is 0 Å². The Hall–Kier alpha value is -2.13. The van der Waals surface area contributed by atoms with E-state index in [9.17, 15) is 22.8 Å². The molecule has 0 bridgehead atoms. The van der Waals surface area contributed by atoms with Crippen LogP contribution < -0.4 is 4.90 Å². The molecule has 9 heteroatoms. The third-order valence-corrected chi connectivity index (χ3v) is 5.44. The normalized spacial score (nSPS) is 17.8. The lowest BCUT2D eigenvalue weighted by Crippen LogP contribution is -2.49. The molecule has 1 heterocycles. The smallest absolute Gasteiger partial charge is 0.372 e. The lowest BCUT2D eigenvalue weighted by Gasteiger charge is -2.35. The topological polar surface area (TPSA) is 53.1 Å². The number of benzene rings is 1. The molecule has 1 aromatic rings. The van der Waals surface area contributed by atoms with Crippen molar-refractivity contribution in [3.8, 4) is 0 Å². The van der Waals surface area contributed by atoms with E-state index in [-0.39, 0.29) is 24.3 Å². The molecule has 2 amide bonds. The summed E-state index contributed by atoms with van der Waals surface area (Å²) in [6.45, 7) is 1.87. The second-order valence-corrected chi connectivity index (χ2v) is 7.84. The quantitative estimate of drug-likeness (QED) is 0.599. The number of halogens is 3. The minimum Gasteiger partial charge on any atom is -0.372 e. The first-order valence-corrected chi connectivity index (χ1v) is 10.3. The summed E-state index contributed by atoms with van der Waals surface area (Å²) in [5, 5.41) is 0. The van der Waals surface area contributed by atoms with E-state index < -0.39 is 12.8 Å². The molecule has 3 rings (SSSR count). The van der Waals surface area contributed by atoms with E-state index in [2.05, 4.69) is 9.64 Å². The van der Waals surface area contributed by atoms with Crippen LogP contribution in [0.4, 0.5) is 18.9 Å². The first-order valence-electron chi connectivity index (χ1n) is 10.3. The van der Waals surface area contributed by atoms with Crippen LogP contribution in [0.5, 0.6) is 0 Å². The average molecular weight is 427 g/mol. The third-order valence-electron chi connectivity index (χ3n) is 5.44. The van der Waals surface area contributed by atoms with E-state index in [1.165, 1.54) is 0 Å². The van der Waals surface area contributed by atoms with E-state index in [0.717, 1.165) is 12.8 Å². The Morgan fingerprint density at radius 1 is 1.13 bits per heavy atom. The summed E-state index contributed by atoms with van der Waals surface area (Å²) in [6.07, 6.45) is -1.97. The third kappa shape index (κ3) is 6.18. The number of anilines is 1. The number of hydrogen-bond donors (Lipinski definition) is 0. The van der Waals surface area contributed by atoms with Gasteiger partial charge in [0.2, 0.25) is 5.91 Å². The number of nitrogens with zero attached hydrogens (tertiary/aromatic N) is 3. The molecule has 1 aliphatic carbocycles. The van der Waals surface area contributed by atoms with E-state index in [1.54, 1.807) is 35.0 Å². The van der Waals surface area contributed by atoms with Crippen LogP contribution in [0.3, 0.4) is 0 Å². The van der Waals surface area contributed by atoms with Crippen molar-refractivity contribution in [3.05, 3.63) is 29.8 Å². The average Bonchev–Trinajstić information content (AvgIpc) is 3.57. The zero-order chi connectivity index (χ0) is 21.7. The fourth-order valence-electron chi connectivity index (χ4n) is 3.59. The largest absolute Gasteiger partial charge is 0.411 e. The molecule has 6 nitrogen and oxygen atoms in total. The van der Waals surface area contributed by atoms with Crippen LogP contribution in [-0.2, 0) is 9.53 Å². The highest BCUT2D eigenvalue weighted by Gasteiger charge is 2.34. The molecular formula is C21H28F3N3O3. The zero-order valence-corrected chi connectivity index (χ0v) is 17.2. The molecule has 2 aliphatic rings. The van der Waals surface area contributed by atoms with E-state index in [0.29, 0.717) is 50.4 Å². The monoisotopic (exact) mass is 427 g/mol. The van der Waals surface area contributed by atoms with Gasteiger partial charge in [-0.2, -0.15) is 13.2 Å². The highest BCUT2D eigenvalue weighted by atomic mass is 19.4. The van der Waals surface area contributed by atoms with Crippen molar-refractivity contribution in [1.82, 2.24) is 9.80 Å². The summed E-state index contributed by atoms with van der Waals surface area (Å²) in [6, 6.07) is 7.16. The number of hydrogen-bond acceptors (Lipinski definition) is 4. The van der Waals surface area contributed by atoms with Crippen molar-refractivity contribution in [2.24, 2.45) is 5.92 Å². The molecule has 0 N–H and O–H groups in total. The van der Waals surface area contributed by atoms with Crippen LogP contribution in [0.15, 0.2) is 24.3 Å². The molecule has 0 spiro atoms. The summed E-state index contributed by atoms with van der Waals surface area (Å²) in [5.74, 6) is 0.0174. The van der Waals surface area contributed by atoms with E-state index >= 15 is 0 Å². The van der Waals surface area contributed by atoms with Crippen LogP contribution in [0, 0.1) is 5.92 Å². The molecule has 0 unspecified atom stereocenters. The predicted molar refractivity (Wildman–Crippen MR) is 106 cm³/mol. The molecule has 1 aromatic carbocycles. The number of amides is 2. The maximum Gasteiger partial charge on any atom is 0.411 e. The van der Waals surface area contributed by atoms with Crippen LogP contribution in [0.25, 0.3) is 0 Å². The fraction of sp³-hybridized carbons (Fsp3) is 0.619. The van der Waals surface area contributed by atoms with Gasteiger partial charge >= 0.3 is 6.18 Å². The summed E-state index contributed by atoms with van der Waals surface area (Å²) < 4.78 is 40.8. The minimum atomic E-state index is -4.29. The number of para-hydroxylation sites is 1. The highest BCUT2D eigenvalue weighted by Crippen LogP contribution is 2.33. The highest BCUT2D eigenvalue weighted by molar-refractivity contribution is 6.05. The molecule has 1 aliphatic heterocycles. The summed E-state index contributed by atoms with van der Waals surface area (Å²) >= 11 is 0.